The van der Waals surface area contributed by atoms with Crippen LogP contribution in [0.1, 0.15) is 104 Å². The summed E-state index contributed by atoms with van der Waals surface area (Å²) in [6.45, 7) is 4.66. The number of allylic oxidation sites excluding steroid dienone is 2. The van der Waals surface area contributed by atoms with E-state index in [1.807, 2.05) is 6.92 Å². The Kier molecular flexibility index (Phi) is 18.5. The van der Waals surface area contributed by atoms with E-state index < -0.39 is 0 Å². The first-order chi connectivity index (χ1) is 11.3. The van der Waals surface area contributed by atoms with E-state index in [4.69, 9.17) is 4.84 Å². The quantitative estimate of drug-likeness (QED) is 0.199. The van der Waals surface area contributed by atoms with E-state index in [-0.39, 0.29) is 5.91 Å². The van der Waals surface area contributed by atoms with Crippen LogP contribution in [0.5, 0.6) is 0 Å². The number of amides is 1. The molecule has 0 saturated heterocycles. The fourth-order valence-electron chi connectivity index (χ4n) is 2.56. The highest BCUT2D eigenvalue weighted by molar-refractivity contribution is 5.74. The minimum absolute atomic E-state index is 0.00415. The predicted octanol–water partition coefficient (Wildman–Crippen LogP) is 6.09. The molecule has 0 aromatic heterocycles. The SMILES string of the molecule is CCCCCCCC/C=C\CCCCCCCC(=O)NOCC. The Balaban J connectivity index is 3.14. The standard InChI is InChI=1S/C20H39NO2/c1-3-5-6-7-8-9-10-11-12-13-14-15-16-17-18-19-20(22)21-23-4-2/h11-12H,3-10,13-19H2,1-2H3,(H,21,22)/b12-11-. The maximum atomic E-state index is 11.3. The summed E-state index contributed by atoms with van der Waals surface area (Å²) in [5.41, 5.74) is 2.43. The Morgan fingerprint density at radius 1 is 0.783 bits per heavy atom. The molecule has 0 heterocycles. The van der Waals surface area contributed by atoms with Crippen molar-refractivity contribution in [3.05, 3.63) is 12.2 Å². The van der Waals surface area contributed by atoms with Crippen molar-refractivity contribution in [1.29, 1.82) is 0 Å². The molecule has 0 rings (SSSR count). The van der Waals surface area contributed by atoms with Gasteiger partial charge in [0.05, 0.1) is 6.61 Å². The normalized spacial score (nSPS) is 11.2. The van der Waals surface area contributed by atoms with E-state index in [0.717, 1.165) is 12.8 Å². The highest BCUT2D eigenvalue weighted by Gasteiger charge is 1.99. The number of carbonyl (C=O) groups excluding carboxylic acids is 1. The summed E-state index contributed by atoms with van der Waals surface area (Å²) in [6, 6.07) is 0. The molecular weight excluding hydrogens is 286 g/mol. The van der Waals surface area contributed by atoms with Gasteiger partial charge in [0.15, 0.2) is 0 Å². The molecule has 0 radical (unpaired) electrons. The zero-order valence-electron chi connectivity index (χ0n) is 15.6. The van der Waals surface area contributed by atoms with Crippen LogP contribution < -0.4 is 5.48 Å². The van der Waals surface area contributed by atoms with E-state index in [9.17, 15) is 4.79 Å². The van der Waals surface area contributed by atoms with Crippen molar-refractivity contribution in [2.75, 3.05) is 6.61 Å². The molecule has 1 N–H and O–H groups in total. The predicted molar refractivity (Wildman–Crippen MR) is 99.2 cm³/mol. The second-order valence-electron chi connectivity index (χ2n) is 6.29. The molecule has 136 valence electrons. The molecule has 0 spiro atoms. The van der Waals surface area contributed by atoms with Gasteiger partial charge in [-0.1, -0.05) is 70.4 Å². The molecule has 0 aliphatic heterocycles. The number of hydroxylamine groups is 1. The van der Waals surface area contributed by atoms with Crippen LogP contribution in [0.25, 0.3) is 0 Å². The third-order valence-electron chi connectivity index (χ3n) is 4.00. The largest absolute Gasteiger partial charge is 0.274 e. The Bertz CT molecular complexity index is 277. The molecule has 1 amide bonds. The van der Waals surface area contributed by atoms with Gasteiger partial charge in [-0.3, -0.25) is 9.63 Å². The van der Waals surface area contributed by atoms with Crippen LogP contribution in [0.2, 0.25) is 0 Å². The summed E-state index contributed by atoms with van der Waals surface area (Å²) in [7, 11) is 0. The van der Waals surface area contributed by atoms with E-state index in [1.165, 1.54) is 70.6 Å². The average molecular weight is 326 g/mol. The van der Waals surface area contributed by atoms with Gasteiger partial charge in [-0.15, -0.1) is 0 Å². The van der Waals surface area contributed by atoms with E-state index in [1.54, 1.807) is 0 Å². The highest BCUT2D eigenvalue weighted by Crippen LogP contribution is 2.09. The molecule has 0 bridgehead atoms. The molecule has 0 aliphatic rings. The van der Waals surface area contributed by atoms with Crippen molar-refractivity contribution >= 4 is 5.91 Å². The summed E-state index contributed by atoms with van der Waals surface area (Å²) >= 11 is 0. The average Bonchev–Trinajstić information content (AvgIpc) is 2.56. The zero-order valence-corrected chi connectivity index (χ0v) is 15.6. The first kappa shape index (κ1) is 22.2. The third-order valence-corrected chi connectivity index (χ3v) is 4.00. The van der Waals surface area contributed by atoms with Crippen molar-refractivity contribution in [3.8, 4) is 0 Å². The summed E-state index contributed by atoms with van der Waals surface area (Å²) in [4.78, 5) is 16.2. The van der Waals surface area contributed by atoms with Gasteiger partial charge >= 0.3 is 0 Å². The summed E-state index contributed by atoms with van der Waals surface area (Å²) in [6.07, 6.45) is 21.9. The van der Waals surface area contributed by atoms with Crippen LogP contribution in [-0.2, 0) is 9.63 Å². The van der Waals surface area contributed by atoms with Crippen LogP contribution >= 0.6 is 0 Å². The van der Waals surface area contributed by atoms with Crippen molar-refractivity contribution < 1.29 is 9.63 Å². The minimum atomic E-state index is 0.00415. The number of hydrogen-bond donors (Lipinski definition) is 1. The lowest BCUT2D eigenvalue weighted by atomic mass is 10.1. The molecule has 23 heavy (non-hydrogen) atoms. The first-order valence-corrected chi connectivity index (χ1v) is 9.86. The maximum Gasteiger partial charge on any atom is 0.243 e. The van der Waals surface area contributed by atoms with E-state index in [0.29, 0.717) is 13.0 Å². The van der Waals surface area contributed by atoms with Gasteiger partial charge in [-0.2, -0.15) is 0 Å². The summed E-state index contributed by atoms with van der Waals surface area (Å²) in [5.74, 6) is 0.00415. The molecule has 0 unspecified atom stereocenters. The summed E-state index contributed by atoms with van der Waals surface area (Å²) in [5, 5.41) is 0. The molecule has 0 fully saturated rings. The first-order valence-electron chi connectivity index (χ1n) is 9.86. The molecule has 0 aliphatic carbocycles. The maximum absolute atomic E-state index is 11.3. The minimum Gasteiger partial charge on any atom is -0.274 e. The summed E-state index contributed by atoms with van der Waals surface area (Å²) < 4.78 is 0. The van der Waals surface area contributed by atoms with Gasteiger partial charge in [0.2, 0.25) is 5.91 Å². The van der Waals surface area contributed by atoms with Gasteiger partial charge in [-0.25, -0.2) is 5.48 Å². The Morgan fingerprint density at radius 2 is 1.30 bits per heavy atom. The Labute approximate surface area is 144 Å². The van der Waals surface area contributed by atoms with Crippen molar-refractivity contribution in [2.24, 2.45) is 0 Å². The molecule has 0 aromatic carbocycles. The monoisotopic (exact) mass is 325 g/mol. The van der Waals surface area contributed by atoms with Gasteiger partial charge in [0.25, 0.3) is 0 Å². The molecule has 0 saturated carbocycles. The highest BCUT2D eigenvalue weighted by atomic mass is 16.6. The Hall–Kier alpha value is -0.830. The lowest BCUT2D eigenvalue weighted by molar-refractivity contribution is -0.133. The fourth-order valence-corrected chi connectivity index (χ4v) is 2.56. The lowest BCUT2D eigenvalue weighted by Gasteiger charge is -2.03. The molecule has 0 atom stereocenters. The second kappa shape index (κ2) is 19.2. The lowest BCUT2D eigenvalue weighted by Crippen LogP contribution is -2.23. The topological polar surface area (TPSA) is 38.3 Å². The number of hydrogen-bond acceptors (Lipinski definition) is 2. The third kappa shape index (κ3) is 19.1. The molecular formula is C20H39NO2. The zero-order chi connectivity index (χ0) is 17.0. The number of carbonyl (C=O) groups is 1. The van der Waals surface area contributed by atoms with E-state index >= 15 is 0 Å². The molecule has 3 nitrogen and oxygen atoms in total. The van der Waals surface area contributed by atoms with Crippen LogP contribution in [0.15, 0.2) is 12.2 Å². The van der Waals surface area contributed by atoms with Crippen LogP contribution in [-0.4, -0.2) is 12.5 Å². The van der Waals surface area contributed by atoms with Crippen molar-refractivity contribution in [2.45, 2.75) is 104 Å². The fraction of sp³-hybridized carbons (Fsp3) is 0.850. The van der Waals surface area contributed by atoms with E-state index in [2.05, 4.69) is 24.6 Å². The van der Waals surface area contributed by atoms with Gasteiger partial charge in [0.1, 0.15) is 0 Å². The van der Waals surface area contributed by atoms with Crippen molar-refractivity contribution in [1.82, 2.24) is 5.48 Å². The second-order valence-corrected chi connectivity index (χ2v) is 6.29. The van der Waals surface area contributed by atoms with Gasteiger partial charge in [0, 0.05) is 6.42 Å². The van der Waals surface area contributed by atoms with Crippen LogP contribution in [0.3, 0.4) is 0 Å². The number of rotatable bonds is 17. The van der Waals surface area contributed by atoms with Gasteiger partial charge < -0.3 is 0 Å². The number of nitrogens with one attached hydrogen (secondary N) is 1. The van der Waals surface area contributed by atoms with Crippen molar-refractivity contribution in [3.63, 3.8) is 0 Å². The number of unbranched alkanes of at least 4 members (excludes halogenated alkanes) is 11. The molecule has 3 heteroatoms. The van der Waals surface area contributed by atoms with Crippen LogP contribution in [0, 0.1) is 0 Å². The Morgan fingerprint density at radius 3 is 1.87 bits per heavy atom. The molecule has 0 aromatic rings. The smallest absolute Gasteiger partial charge is 0.243 e. The van der Waals surface area contributed by atoms with Crippen LogP contribution in [0.4, 0.5) is 0 Å². The van der Waals surface area contributed by atoms with Gasteiger partial charge in [-0.05, 0) is 39.0 Å².